The van der Waals surface area contributed by atoms with Crippen molar-refractivity contribution in [3.63, 3.8) is 0 Å². The molecule has 0 unspecified atom stereocenters. The van der Waals surface area contributed by atoms with Crippen LogP contribution >= 0.6 is 0 Å². The summed E-state index contributed by atoms with van der Waals surface area (Å²) in [5.41, 5.74) is 0.649. The van der Waals surface area contributed by atoms with E-state index in [1.165, 1.54) is 17.4 Å². The lowest BCUT2D eigenvalue weighted by molar-refractivity contribution is -0.0183. The molecule has 1 aromatic rings. The number of urea groups is 1. The number of oxazole rings is 1. The summed E-state index contributed by atoms with van der Waals surface area (Å²) in [5, 5.41) is 0.616. The molecule has 1 N–H and O–H groups in total. The first-order valence-electron chi connectivity index (χ1n) is 5.30. The fourth-order valence-corrected chi connectivity index (χ4v) is 2.49. The van der Waals surface area contributed by atoms with Crippen molar-refractivity contribution in [3.05, 3.63) is 24.4 Å². The van der Waals surface area contributed by atoms with Crippen molar-refractivity contribution < 1.29 is 26.5 Å². The molecule has 0 spiro atoms. The van der Waals surface area contributed by atoms with Crippen molar-refractivity contribution in [2.24, 2.45) is 0 Å². The van der Waals surface area contributed by atoms with Crippen LogP contribution in [0.4, 0.5) is 4.79 Å². The van der Waals surface area contributed by atoms with E-state index in [1.54, 1.807) is 6.08 Å². The Morgan fingerprint density at radius 3 is 2.95 bits per heavy atom. The predicted molar refractivity (Wildman–Crippen MR) is 59.7 cm³/mol. The van der Waals surface area contributed by atoms with Crippen LogP contribution in [0.3, 0.4) is 0 Å². The average molecular weight is 287 g/mol. The van der Waals surface area contributed by atoms with Gasteiger partial charge < -0.3 is 9.32 Å². The van der Waals surface area contributed by atoms with Crippen LogP contribution in [-0.4, -0.2) is 53.1 Å². The minimum absolute atomic E-state index is 0.237. The summed E-state index contributed by atoms with van der Waals surface area (Å²) < 4.78 is 39.4. The molecular weight excluding hydrogens is 278 g/mol. The summed E-state index contributed by atoms with van der Waals surface area (Å²) in [6.45, 7) is 0.514. The predicted octanol–water partition coefficient (Wildman–Crippen LogP) is -0.0878. The van der Waals surface area contributed by atoms with Gasteiger partial charge in [0.25, 0.3) is 0 Å². The molecule has 2 bridgehead atoms. The zero-order valence-electron chi connectivity index (χ0n) is 9.46. The van der Waals surface area contributed by atoms with Gasteiger partial charge in [0.2, 0.25) is 5.89 Å². The smallest absolute Gasteiger partial charge is 0.418 e. The molecule has 2 aliphatic rings. The average Bonchev–Trinajstić information content (AvgIpc) is 2.92. The largest absolute Gasteiger partial charge is 0.445 e. The highest BCUT2D eigenvalue weighted by atomic mass is 32.3. The number of hydrogen-bond acceptors (Lipinski definition) is 6. The maximum atomic E-state index is 11.8. The molecule has 19 heavy (non-hydrogen) atoms. The first kappa shape index (κ1) is 12.1. The SMILES string of the molecule is O=C1N2CC(c3ncco3)=C[C@H](C2)N1OS(=O)(=O)O. The number of hydrogen-bond donors (Lipinski definition) is 1. The minimum Gasteiger partial charge on any atom is -0.445 e. The Hall–Kier alpha value is -1.91. The highest BCUT2D eigenvalue weighted by Crippen LogP contribution is 2.29. The number of nitrogens with zero attached hydrogens (tertiary/aromatic N) is 3. The van der Waals surface area contributed by atoms with Gasteiger partial charge >= 0.3 is 16.4 Å². The number of carbonyl (C=O) groups excluding carboxylic acids is 1. The van der Waals surface area contributed by atoms with Crippen LogP contribution in [0.25, 0.3) is 5.57 Å². The Morgan fingerprint density at radius 1 is 1.53 bits per heavy atom. The normalized spacial score (nSPS) is 22.9. The Labute approximate surface area is 108 Å². The quantitative estimate of drug-likeness (QED) is 0.773. The number of aromatic nitrogens is 1. The van der Waals surface area contributed by atoms with Crippen molar-refractivity contribution in [1.29, 1.82) is 0 Å². The molecular formula is C9H9N3O6S. The summed E-state index contributed by atoms with van der Waals surface area (Å²) in [4.78, 5) is 17.2. The van der Waals surface area contributed by atoms with Crippen LogP contribution < -0.4 is 0 Å². The Bertz CT molecular complexity index is 637. The zero-order valence-corrected chi connectivity index (χ0v) is 10.3. The minimum atomic E-state index is -4.74. The van der Waals surface area contributed by atoms with E-state index in [9.17, 15) is 13.2 Å². The maximum Gasteiger partial charge on any atom is 0.418 e. The zero-order chi connectivity index (χ0) is 13.6. The van der Waals surface area contributed by atoms with Crippen molar-refractivity contribution in [2.45, 2.75) is 6.04 Å². The van der Waals surface area contributed by atoms with Crippen molar-refractivity contribution in [3.8, 4) is 0 Å². The fourth-order valence-electron chi connectivity index (χ4n) is 2.11. The van der Waals surface area contributed by atoms with Gasteiger partial charge in [0, 0.05) is 12.1 Å². The molecule has 0 radical (unpaired) electrons. The van der Waals surface area contributed by atoms with Gasteiger partial charge in [-0.3, -0.25) is 4.55 Å². The Balaban J connectivity index is 1.90. The first-order valence-corrected chi connectivity index (χ1v) is 6.66. The molecule has 9 nitrogen and oxygen atoms in total. The molecule has 3 rings (SSSR count). The van der Waals surface area contributed by atoms with Crippen LogP contribution in [0.15, 0.2) is 23.0 Å². The molecule has 2 amide bonds. The lowest BCUT2D eigenvalue weighted by Crippen LogP contribution is -2.35. The molecule has 1 fully saturated rings. The van der Waals surface area contributed by atoms with Crippen LogP contribution in [0.5, 0.6) is 0 Å². The van der Waals surface area contributed by atoms with Crippen molar-refractivity contribution in [2.75, 3.05) is 13.1 Å². The molecule has 102 valence electrons. The third kappa shape index (κ3) is 2.20. The van der Waals surface area contributed by atoms with Crippen LogP contribution in [0.2, 0.25) is 0 Å². The van der Waals surface area contributed by atoms with Gasteiger partial charge in [0.15, 0.2) is 0 Å². The lowest BCUT2D eigenvalue weighted by Gasteiger charge is -2.19. The molecule has 1 aromatic heterocycles. The molecule has 1 saturated heterocycles. The van der Waals surface area contributed by atoms with E-state index in [0.29, 0.717) is 16.5 Å². The third-order valence-corrected chi connectivity index (χ3v) is 3.15. The van der Waals surface area contributed by atoms with E-state index < -0.39 is 22.5 Å². The maximum absolute atomic E-state index is 11.8. The number of carbonyl (C=O) groups is 1. The monoisotopic (exact) mass is 287 g/mol. The molecule has 0 aromatic carbocycles. The molecule has 10 heteroatoms. The highest BCUT2D eigenvalue weighted by Gasteiger charge is 2.43. The van der Waals surface area contributed by atoms with Gasteiger partial charge in [-0.2, -0.15) is 13.5 Å². The Morgan fingerprint density at radius 2 is 2.32 bits per heavy atom. The molecule has 0 aliphatic carbocycles. The van der Waals surface area contributed by atoms with Crippen LogP contribution in [0, 0.1) is 0 Å². The van der Waals surface area contributed by atoms with Gasteiger partial charge in [-0.25, -0.2) is 9.78 Å². The van der Waals surface area contributed by atoms with Crippen LogP contribution in [0.1, 0.15) is 5.89 Å². The number of amides is 2. The fraction of sp³-hybridized carbons (Fsp3) is 0.333. The van der Waals surface area contributed by atoms with E-state index in [0.717, 1.165) is 0 Å². The van der Waals surface area contributed by atoms with Gasteiger partial charge in [0.05, 0.1) is 18.8 Å². The van der Waals surface area contributed by atoms with Gasteiger partial charge in [-0.15, -0.1) is 4.28 Å². The number of fused-ring (bicyclic) bond motifs is 2. The first-order chi connectivity index (χ1) is 8.94. The second kappa shape index (κ2) is 4.05. The van der Waals surface area contributed by atoms with E-state index in [2.05, 4.69) is 9.27 Å². The summed E-state index contributed by atoms with van der Waals surface area (Å²) in [6, 6.07) is -1.26. The standard InChI is InChI=1S/C9H9N3O6S/c13-9-11-4-6(8-10-1-2-17-8)3-7(5-11)12(9)18-19(14,15)16/h1-3,7H,4-5H2,(H,14,15,16)/t7-/m1/s1. The van der Waals surface area contributed by atoms with Gasteiger partial charge in [-0.1, -0.05) is 0 Å². The molecule has 0 saturated carbocycles. The van der Waals surface area contributed by atoms with Gasteiger partial charge in [-0.05, 0) is 6.08 Å². The summed E-state index contributed by atoms with van der Waals surface area (Å²) in [7, 11) is -4.74. The number of rotatable bonds is 3. The van der Waals surface area contributed by atoms with Crippen molar-refractivity contribution >= 4 is 22.0 Å². The lowest BCUT2D eigenvalue weighted by atomic mass is 10.1. The summed E-state index contributed by atoms with van der Waals surface area (Å²) in [6.07, 6.45) is 4.49. The second-order valence-electron chi connectivity index (χ2n) is 4.09. The summed E-state index contributed by atoms with van der Waals surface area (Å²) >= 11 is 0. The van der Waals surface area contributed by atoms with E-state index in [1.807, 2.05) is 0 Å². The molecule has 2 aliphatic heterocycles. The molecule has 3 heterocycles. The highest BCUT2D eigenvalue weighted by molar-refractivity contribution is 7.80. The molecule has 1 atom stereocenters. The Kier molecular flexibility index (Phi) is 2.59. The summed E-state index contributed by atoms with van der Waals surface area (Å²) in [5.74, 6) is 0.358. The van der Waals surface area contributed by atoms with E-state index >= 15 is 0 Å². The van der Waals surface area contributed by atoms with Crippen LogP contribution in [-0.2, 0) is 14.7 Å². The van der Waals surface area contributed by atoms with E-state index in [-0.39, 0.29) is 13.1 Å². The second-order valence-corrected chi connectivity index (χ2v) is 5.09. The van der Waals surface area contributed by atoms with Crippen molar-refractivity contribution in [1.82, 2.24) is 14.9 Å². The van der Waals surface area contributed by atoms with Gasteiger partial charge in [0.1, 0.15) is 6.26 Å². The third-order valence-electron chi connectivity index (χ3n) is 2.80. The van der Waals surface area contributed by atoms with E-state index in [4.69, 9.17) is 8.97 Å². The topological polar surface area (TPSA) is 113 Å². The number of hydroxylamine groups is 2.